The van der Waals surface area contributed by atoms with Crippen molar-refractivity contribution in [1.29, 1.82) is 0 Å². The first-order valence-corrected chi connectivity index (χ1v) is 2.62. The Morgan fingerprint density at radius 3 is 2.62 bits per heavy atom. The molecule has 0 spiro atoms. The van der Waals surface area contributed by atoms with E-state index in [4.69, 9.17) is 0 Å². The van der Waals surface area contributed by atoms with Gasteiger partial charge in [-0.15, -0.1) is 6.58 Å². The smallest absolute Gasteiger partial charge is 0.0127 e. The predicted octanol–water partition coefficient (Wildman–Crippen LogP) is 2.14. The minimum Gasteiger partial charge on any atom is -0.103 e. The Kier molecular flexibility index (Phi) is 5.32. The van der Waals surface area contributed by atoms with Crippen molar-refractivity contribution in [2.75, 3.05) is 0 Å². The zero-order valence-corrected chi connectivity index (χ0v) is 4.98. The molecule has 0 heteroatoms. The second-order valence-corrected chi connectivity index (χ2v) is 1.35. The largest absolute Gasteiger partial charge is 0.103 e. The van der Waals surface area contributed by atoms with Crippen LogP contribution in [0.3, 0.4) is 0 Å². The van der Waals surface area contributed by atoms with Crippen molar-refractivity contribution in [2.45, 2.75) is 12.8 Å². The van der Waals surface area contributed by atoms with Crippen LogP contribution in [0.4, 0.5) is 0 Å². The van der Waals surface area contributed by atoms with E-state index in [1.807, 2.05) is 6.08 Å². The highest BCUT2D eigenvalue weighted by molar-refractivity contribution is 5.12. The molecule has 0 N–H and O–H groups in total. The predicted molar refractivity (Wildman–Crippen MR) is 37.4 cm³/mol. The van der Waals surface area contributed by atoms with Crippen molar-refractivity contribution in [3.05, 3.63) is 25.3 Å². The van der Waals surface area contributed by atoms with Gasteiger partial charge in [0, 0.05) is 6.42 Å². The molecule has 0 amide bonds. The first-order valence-electron chi connectivity index (χ1n) is 2.62. The summed E-state index contributed by atoms with van der Waals surface area (Å²) in [4.78, 5) is 0. The van der Waals surface area contributed by atoms with Crippen LogP contribution in [-0.2, 0) is 0 Å². The lowest BCUT2D eigenvalue weighted by molar-refractivity contribution is 1.09. The van der Waals surface area contributed by atoms with Crippen molar-refractivity contribution in [3.63, 3.8) is 0 Å². The Morgan fingerprint density at radius 1 is 1.38 bits per heavy atom. The van der Waals surface area contributed by atoms with E-state index < -0.39 is 0 Å². The van der Waals surface area contributed by atoms with E-state index in [2.05, 4.69) is 25.0 Å². The Labute approximate surface area is 50.9 Å². The lowest BCUT2D eigenvalue weighted by atomic mass is 10.3. The molecule has 0 aromatic rings. The molecule has 0 rings (SSSR count). The topological polar surface area (TPSA) is 0 Å². The summed E-state index contributed by atoms with van der Waals surface area (Å²) >= 11 is 0. The van der Waals surface area contributed by atoms with Gasteiger partial charge >= 0.3 is 0 Å². The molecule has 8 heavy (non-hydrogen) atoms. The maximum atomic E-state index is 3.56. The molecule has 0 aliphatic carbocycles. The van der Waals surface area contributed by atoms with Crippen molar-refractivity contribution in [2.24, 2.45) is 0 Å². The van der Waals surface area contributed by atoms with Crippen LogP contribution in [0.1, 0.15) is 12.8 Å². The average Bonchev–Trinajstić information content (AvgIpc) is 1.81. The summed E-state index contributed by atoms with van der Waals surface area (Å²) in [5, 5.41) is 0. The molecule has 0 bridgehead atoms. The van der Waals surface area contributed by atoms with Crippen LogP contribution in [0.15, 0.2) is 25.3 Å². The minimum atomic E-state index is 0.898. The molecular weight excluding hydrogens is 96.1 g/mol. The summed E-state index contributed by atoms with van der Waals surface area (Å²) in [7, 11) is 0. The van der Waals surface area contributed by atoms with Gasteiger partial charge in [-0.25, -0.2) is 0 Å². The number of hydrogen-bond donors (Lipinski definition) is 0. The molecule has 0 saturated carbocycles. The van der Waals surface area contributed by atoms with E-state index in [0.717, 1.165) is 12.8 Å². The maximum absolute atomic E-state index is 3.56. The Hall–Kier alpha value is -0.960. The Balaban J connectivity index is 3.14. The first-order chi connectivity index (χ1) is 3.91. The average molecular weight is 106 g/mol. The molecule has 0 saturated heterocycles. The quantitative estimate of drug-likeness (QED) is 0.287. The third kappa shape index (κ3) is 5.04. The van der Waals surface area contributed by atoms with Crippen molar-refractivity contribution < 1.29 is 0 Å². The molecule has 0 aromatic carbocycles. The third-order valence-corrected chi connectivity index (χ3v) is 0.678. The number of unbranched alkanes of at least 4 members (excludes halogenated alkanes) is 1. The van der Waals surface area contributed by atoms with Gasteiger partial charge in [0.25, 0.3) is 0 Å². The molecule has 0 unspecified atom stereocenters. The molecule has 0 aliphatic heterocycles. The molecule has 0 nitrogen and oxygen atoms in total. The van der Waals surface area contributed by atoms with Gasteiger partial charge in [-0.1, -0.05) is 24.5 Å². The van der Waals surface area contributed by atoms with E-state index in [1.165, 1.54) is 0 Å². The molecule has 0 aliphatic rings. The number of allylic oxidation sites excluding steroid dienone is 2. The third-order valence-electron chi connectivity index (χ3n) is 0.678. The van der Waals surface area contributed by atoms with Gasteiger partial charge in [0.15, 0.2) is 0 Å². The fourth-order valence-corrected chi connectivity index (χ4v) is 0.319. The summed E-state index contributed by atoms with van der Waals surface area (Å²) < 4.78 is 0. The standard InChI is InChI=1S/C8H10/c1-3-5-7-8-6-4-2/h3-4H,1-2,5,7H2. The summed E-state index contributed by atoms with van der Waals surface area (Å²) in [5.74, 6) is 5.65. The maximum Gasteiger partial charge on any atom is 0.0127 e. The zero-order valence-electron chi connectivity index (χ0n) is 4.98. The van der Waals surface area contributed by atoms with Crippen molar-refractivity contribution in [1.82, 2.24) is 0 Å². The fraction of sp³-hybridized carbons (Fsp3) is 0.250. The molecular formula is C8H10. The molecule has 0 aromatic heterocycles. The van der Waals surface area contributed by atoms with Crippen LogP contribution >= 0.6 is 0 Å². The van der Waals surface area contributed by atoms with Gasteiger partial charge in [-0.05, 0) is 12.5 Å². The summed E-state index contributed by atoms with van der Waals surface area (Å²) in [6.07, 6.45) is 5.33. The van der Waals surface area contributed by atoms with E-state index in [1.54, 1.807) is 6.08 Å². The van der Waals surface area contributed by atoms with Gasteiger partial charge in [0.2, 0.25) is 0 Å². The van der Waals surface area contributed by atoms with Gasteiger partial charge in [0.1, 0.15) is 0 Å². The lowest BCUT2D eigenvalue weighted by Crippen LogP contribution is -1.60. The molecule has 0 atom stereocenters. The van der Waals surface area contributed by atoms with Crippen LogP contribution < -0.4 is 0 Å². The second kappa shape index (κ2) is 6.04. The van der Waals surface area contributed by atoms with Gasteiger partial charge in [-0.2, -0.15) is 0 Å². The van der Waals surface area contributed by atoms with Crippen LogP contribution in [0.5, 0.6) is 0 Å². The van der Waals surface area contributed by atoms with E-state index in [9.17, 15) is 0 Å². The molecule has 0 heterocycles. The monoisotopic (exact) mass is 106 g/mol. The van der Waals surface area contributed by atoms with Crippen molar-refractivity contribution >= 4 is 0 Å². The molecule has 0 radical (unpaired) electrons. The zero-order chi connectivity index (χ0) is 6.24. The summed E-state index contributed by atoms with van der Waals surface area (Å²) in [6, 6.07) is 0. The molecule has 0 fully saturated rings. The van der Waals surface area contributed by atoms with Crippen LogP contribution in [0, 0.1) is 11.8 Å². The van der Waals surface area contributed by atoms with Crippen LogP contribution in [-0.4, -0.2) is 0 Å². The second-order valence-electron chi connectivity index (χ2n) is 1.35. The SMILES string of the molecule is C=CC#CCCC=C. The van der Waals surface area contributed by atoms with Crippen LogP contribution in [0.2, 0.25) is 0 Å². The van der Waals surface area contributed by atoms with Crippen molar-refractivity contribution in [3.8, 4) is 11.8 Å². The van der Waals surface area contributed by atoms with E-state index in [0.29, 0.717) is 0 Å². The van der Waals surface area contributed by atoms with Gasteiger partial charge in [-0.3, -0.25) is 0 Å². The summed E-state index contributed by atoms with van der Waals surface area (Å²) in [6.45, 7) is 7.02. The first kappa shape index (κ1) is 7.04. The number of rotatable bonds is 2. The van der Waals surface area contributed by atoms with E-state index in [-0.39, 0.29) is 0 Å². The number of hydrogen-bond acceptors (Lipinski definition) is 0. The van der Waals surface area contributed by atoms with Gasteiger partial charge < -0.3 is 0 Å². The highest BCUT2D eigenvalue weighted by Crippen LogP contribution is 1.84. The highest BCUT2D eigenvalue weighted by Gasteiger charge is 1.68. The summed E-state index contributed by atoms with van der Waals surface area (Å²) in [5.41, 5.74) is 0. The minimum absolute atomic E-state index is 0.898. The lowest BCUT2D eigenvalue weighted by Gasteiger charge is -1.75. The highest BCUT2D eigenvalue weighted by atomic mass is 13.7. The molecule has 42 valence electrons. The van der Waals surface area contributed by atoms with Gasteiger partial charge in [0.05, 0.1) is 0 Å². The fourth-order valence-electron chi connectivity index (χ4n) is 0.319. The Bertz CT molecular complexity index is 121. The van der Waals surface area contributed by atoms with E-state index >= 15 is 0 Å². The normalized spacial score (nSPS) is 6.50. The van der Waals surface area contributed by atoms with Crippen LogP contribution in [0.25, 0.3) is 0 Å². The Morgan fingerprint density at radius 2 is 2.12 bits per heavy atom.